The minimum absolute atomic E-state index is 0.198. The van der Waals surface area contributed by atoms with Crippen molar-refractivity contribution < 1.29 is 9.59 Å². The molecule has 6 heteroatoms. The molecular weight excluding hydrogens is 232 g/mol. The van der Waals surface area contributed by atoms with E-state index in [2.05, 4.69) is 10.3 Å². The van der Waals surface area contributed by atoms with Crippen molar-refractivity contribution in [1.82, 2.24) is 15.2 Å². The number of nitrogens with zero attached hydrogens (tertiary/aromatic N) is 2. The molecule has 0 radical (unpaired) electrons. The van der Waals surface area contributed by atoms with Gasteiger partial charge in [0.15, 0.2) is 0 Å². The molecule has 2 heterocycles. The van der Waals surface area contributed by atoms with Gasteiger partial charge in [-0.1, -0.05) is 0 Å². The van der Waals surface area contributed by atoms with E-state index in [1.54, 1.807) is 12.3 Å². The second kappa shape index (κ2) is 5.14. The van der Waals surface area contributed by atoms with E-state index in [0.29, 0.717) is 25.2 Å². The van der Waals surface area contributed by atoms with Crippen molar-refractivity contribution in [3.8, 4) is 0 Å². The molecule has 1 aromatic rings. The third-order valence-corrected chi connectivity index (χ3v) is 2.95. The molecule has 2 amide bonds. The summed E-state index contributed by atoms with van der Waals surface area (Å²) in [7, 11) is 0. The van der Waals surface area contributed by atoms with E-state index in [1.807, 2.05) is 6.92 Å². The summed E-state index contributed by atoms with van der Waals surface area (Å²) in [6, 6.07) is 1.17. The van der Waals surface area contributed by atoms with Crippen molar-refractivity contribution >= 4 is 11.8 Å². The van der Waals surface area contributed by atoms with Gasteiger partial charge in [-0.3, -0.25) is 14.6 Å². The van der Waals surface area contributed by atoms with Gasteiger partial charge in [-0.25, -0.2) is 0 Å². The Morgan fingerprint density at radius 3 is 2.94 bits per heavy atom. The van der Waals surface area contributed by atoms with Gasteiger partial charge in [-0.2, -0.15) is 0 Å². The van der Waals surface area contributed by atoms with Gasteiger partial charge in [-0.05, 0) is 18.6 Å². The van der Waals surface area contributed by atoms with E-state index in [9.17, 15) is 9.59 Å². The average Bonchev–Trinajstić information content (AvgIpc) is 2.38. The normalized spacial score (nSPS) is 19.6. The molecule has 1 atom stereocenters. The minimum Gasteiger partial charge on any atom is -0.368 e. The standard InChI is InChI=1S/C12H16N4O2/c1-8-4-9(6-15-5-8)12(18)16-3-2-14-7-10(16)11(13)17/h4-6,10,14H,2-3,7H2,1H3,(H2,13,17). The fourth-order valence-electron chi connectivity index (χ4n) is 2.04. The van der Waals surface area contributed by atoms with Gasteiger partial charge < -0.3 is 16.0 Å². The molecule has 0 spiro atoms. The van der Waals surface area contributed by atoms with E-state index in [1.165, 1.54) is 11.1 Å². The SMILES string of the molecule is Cc1cncc(C(=O)N2CCNCC2C(N)=O)c1. The molecule has 0 aliphatic carbocycles. The predicted molar refractivity (Wildman–Crippen MR) is 65.9 cm³/mol. The van der Waals surface area contributed by atoms with Crippen LogP contribution in [-0.4, -0.2) is 47.4 Å². The van der Waals surface area contributed by atoms with Gasteiger partial charge in [0.25, 0.3) is 5.91 Å². The molecule has 6 nitrogen and oxygen atoms in total. The Morgan fingerprint density at radius 1 is 1.50 bits per heavy atom. The predicted octanol–water partition coefficient (Wildman–Crippen LogP) is -0.711. The molecule has 18 heavy (non-hydrogen) atoms. The number of piperazine rings is 1. The topological polar surface area (TPSA) is 88.3 Å². The van der Waals surface area contributed by atoms with Crippen LogP contribution in [0.5, 0.6) is 0 Å². The number of nitrogens with one attached hydrogen (secondary N) is 1. The molecule has 1 aliphatic heterocycles. The third-order valence-electron chi connectivity index (χ3n) is 2.95. The molecule has 1 aliphatic rings. The van der Waals surface area contributed by atoms with Crippen molar-refractivity contribution in [1.29, 1.82) is 0 Å². The molecule has 0 aromatic carbocycles. The summed E-state index contributed by atoms with van der Waals surface area (Å²) in [6.45, 7) is 3.41. The molecule has 2 rings (SSSR count). The fraction of sp³-hybridized carbons (Fsp3) is 0.417. The first-order chi connectivity index (χ1) is 8.59. The summed E-state index contributed by atoms with van der Waals surface area (Å²) in [5.41, 5.74) is 6.71. The lowest BCUT2D eigenvalue weighted by Crippen LogP contribution is -2.58. The number of rotatable bonds is 2. The summed E-state index contributed by atoms with van der Waals surface area (Å²) in [5.74, 6) is -0.687. The molecule has 1 saturated heterocycles. The van der Waals surface area contributed by atoms with Crippen LogP contribution in [-0.2, 0) is 4.79 Å². The first kappa shape index (κ1) is 12.5. The molecule has 0 saturated carbocycles. The van der Waals surface area contributed by atoms with E-state index in [-0.39, 0.29) is 5.91 Å². The molecule has 96 valence electrons. The van der Waals surface area contributed by atoms with Crippen molar-refractivity contribution in [2.45, 2.75) is 13.0 Å². The van der Waals surface area contributed by atoms with Gasteiger partial charge in [-0.15, -0.1) is 0 Å². The summed E-state index contributed by atoms with van der Waals surface area (Å²) < 4.78 is 0. The first-order valence-electron chi connectivity index (χ1n) is 5.82. The fourth-order valence-corrected chi connectivity index (χ4v) is 2.04. The molecular formula is C12H16N4O2. The Balaban J connectivity index is 2.23. The molecule has 0 bridgehead atoms. The quantitative estimate of drug-likeness (QED) is 0.723. The Kier molecular flexibility index (Phi) is 3.57. The van der Waals surface area contributed by atoms with E-state index in [0.717, 1.165) is 5.56 Å². The van der Waals surface area contributed by atoms with E-state index < -0.39 is 11.9 Å². The van der Waals surface area contributed by atoms with E-state index >= 15 is 0 Å². The second-order valence-corrected chi connectivity index (χ2v) is 4.37. The smallest absolute Gasteiger partial charge is 0.256 e. The maximum Gasteiger partial charge on any atom is 0.256 e. The van der Waals surface area contributed by atoms with Gasteiger partial charge in [0.2, 0.25) is 5.91 Å². The number of primary amides is 1. The lowest BCUT2D eigenvalue weighted by atomic mass is 10.1. The van der Waals surface area contributed by atoms with Gasteiger partial charge in [0, 0.05) is 32.0 Å². The zero-order chi connectivity index (χ0) is 13.1. The third kappa shape index (κ3) is 2.48. The highest BCUT2D eigenvalue weighted by Crippen LogP contribution is 2.11. The highest BCUT2D eigenvalue weighted by molar-refractivity contribution is 5.97. The van der Waals surface area contributed by atoms with Crippen molar-refractivity contribution in [3.63, 3.8) is 0 Å². The largest absolute Gasteiger partial charge is 0.368 e. The van der Waals surface area contributed by atoms with Crippen LogP contribution in [0.1, 0.15) is 15.9 Å². The van der Waals surface area contributed by atoms with Crippen LogP contribution in [0.25, 0.3) is 0 Å². The molecule has 1 unspecified atom stereocenters. The van der Waals surface area contributed by atoms with Crippen LogP contribution < -0.4 is 11.1 Å². The van der Waals surface area contributed by atoms with Crippen molar-refractivity contribution in [3.05, 3.63) is 29.6 Å². The monoisotopic (exact) mass is 248 g/mol. The number of pyridine rings is 1. The van der Waals surface area contributed by atoms with Crippen molar-refractivity contribution in [2.75, 3.05) is 19.6 Å². The maximum atomic E-state index is 12.3. The summed E-state index contributed by atoms with van der Waals surface area (Å²) in [4.78, 5) is 29.2. The van der Waals surface area contributed by atoms with Crippen LogP contribution in [0.3, 0.4) is 0 Å². The highest BCUT2D eigenvalue weighted by Gasteiger charge is 2.31. The van der Waals surface area contributed by atoms with Crippen LogP contribution >= 0.6 is 0 Å². The van der Waals surface area contributed by atoms with Crippen molar-refractivity contribution in [2.24, 2.45) is 5.73 Å². The number of hydrogen-bond donors (Lipinski definition) is 2. The number of aromatic nitrogens is 1. The second-order valence-electron chi connectivity index (χ2n) is 4.37. The lowest BCUT2D eigenvalue weighted by molar-refractivity contribution is -0.122. The summed E-state index contributed by atoms with van der Waals surface area (Å²) >= 11 is 0. The number of nitrogens with two attached hydrogens (primary N) is 1. The number of carbonyl (C=O) groups excluding carboxylic acids is 2. The average molecular weight is 248 g/mol. The zero-order valence-electron chi connectivity index (χ0n) is 10.2. The Bertz CT molecular complexity index is 475. The zero-order valence-corrected chi connectivity index (χ0v) is 10.2. The highest BCUT2D eigenvalue weighted by atomic mass is 16.2. The van der Waals surface area contributed by atoms with Crippen LogP contribution in [0.15, 0.2) is 18.5 Å². The van der Waals surface area contributed by atoms with Gasteiger partial charge >= 0.3 is 0 Å². The molecule has 1 fully saturated rings. The summed E-state index contributed by atoms with van der Waals surface area (Å²) in [6.07, 6.45) is 3.19. The number of amides is 2. The molecule has 1 aromatic heterocycles. The maximum absolute atomic E-state index is 12.3. The summed E-state index contributed by atoms with van der Waals surface area (Å²) in [5, 5.41) is 3.05. The first-order valence-corrected chi connectivity index (χ1v) is 5.82. The van der Waals surface area contributed by atoms with E-state index in [4.69, 9.17) is 5.73 Å². The Hall–Kier alpha value is -1.95. The van der Waals surface area contributed by atoms with Crippen LogP contribution in [0, 0.1) is 6.92 Å². The number of aryl methyl sites for hydroxylation is 1. The number of carbonyl (C=O) groups is 2. The lowest BCUT2D eigenvalue weighted by Gasteiger charge is -2.34. The van der Waals surface area contributed by atoms with Gasteiger partial charge in [0.05, 0.1) is 5.56 Å². The Labute approximate surface area is 105 Å². The van der Waals surface area contributed by atoms with Crippen LogP contribution in [0.2, 0.25) is 0 Å². The Morgan fingerprint density at radius 2 is 2.28 bits per heavy atom. The van der Waals surface area contributed by atoms with Crippen LogP contribution in [0.4, 0.5) is 0 Å². The molecule has 3 N–H and O–H groups in total. The van der Waals surface area contributed by atoms with Gasteiger partial charge in [0.1, 0.15) is 6.04 Å². The minimum atomic E-state index is -0.591. The number of hydrogen-bond acceptors (Lipinski definition) is 4.